The lowest BCUT2D eigenvalue weighted by Gasteiger charge is -2.43. The van der Waals surface area contributed by atoms with E-state index < -0.39 is 35.2 Å². The monoisotopic (exact) mass is 507 g/mol. The van der Waals surface area contributed by atoms with Crippen molar-refractivity contribution < 1.29 is 27.8 Å². The number of likely N-dealkylation sites (tertiary alicyclic amines) is 1. The molecule has 1 aliphatic heterocycles. The maximum atomic E-state index is 14.8. The second kappa shape index (κ2) is 11.8. The van der Waals surface area contributed by atoms with E-state index in [1.807, 2.05) is 4.90 Å². The minimum Gasteiger partial charge on any atom is -0.497 e. The molecule has 0 N–H and O–H groups in total. The summed E-state index contributed by atoms with van der Waals surface area (Å²) in [5.74, 6) is -3.19. The number of benzene rings is 3. The summed E-state index contributed by atoms with van der Waals surface area (Å²) < 4.78 is 40.1. The number of hydrogen-bond donors (Lipinski definition) is 0. The molecule has 0 bridgehead atoms. The van der Waals surface area contributed by atoms with E-state index in [1.165, 1.54) is 31.4 Å². The fourth-order valence-electron chi connectivity index (χ4n) is 5.30. The van der Waals surface area contributed by atoms with Crippen molar-refractivity contribution in [2.24, 2.45) is 11.8 Å². The Morgan fingerprint density at radius 1 is 0.892 bits per heavy atom. The average Bonchev–Trinajstić information content (AvgIpc) is 2.92. The summed E-state index contributed by atoms with van der Waals surface area (Å²) >= 11 is 0. The Kier molecular flexibility index (Phi) is 8.46. The third-order valence-corrected chi connectivity index (χ3v) is 7.22. The third-order valence-electron chi connectivity index (χ3n) is 7.22. The van der Waals surface area contributed by atoms with Gasteiger partial charge in [0.05, 0.1) is 19.3 Å². The van der Waals surface area contributed by atoms with E-state index in [1.54, 1.807) is 56.5 Å². The van der Waals surface area contributed by atoms with Gasteiger partial charge in [-0.1, -0.05) is 36.4 Å². The van der Waals surface area contributed by atoms with Crippen LogP contribution in [-0.2, 0) is 4.74 Å². The number of carbonyl (C=O) groups excluding carboxylic acids is 2. The number of ether oxygens (including phenoxy) is 2. The van der Waals surface area contributed by atoms with Gasteiger partial charge in [0, 0.05) is 50.1 Å². The van der Waals surface area contributed by atoms with Gasteiger partial charge in [0.1, 0.15) is 17.4 Å². The van der Waals surface area contributed by atoms with Crippen molar-refractivity contribution in [3.8, 4) is 5.75 Å². The molecule has 1 saturated heterocycles. The normalized spacial score (nSPS) is 20.0. The Labute approximate surface area is 216 Å². The number of halogens is 2. The Morgan fingerprint density at radius 2 is 1.57 bits per heavy atom. The molecule has 3 atom stereocenters. The molecule has 0 radical (unpaired) electrons. The number of Topliss-reactive ketones (excluding diaryl/α,β-unsaturated/α-hetero) is 2. The smallest absolute Gasteiger partial charge is 0.170 e. The Morgan fingerprint density at radius 3 is 2.27 bits per heavy atom. The van der Waals surface area contributed by atoms with Crippen LogP contribution in [0.5, 0.6) is 5.75 Å². The fraction of sp³-hybridized carbons (Fsp3) is 0.333. The van der Waals surface area contributed by atoms with E-state index in [4.69, 9.17) is 9.47 Å². The van der Waals surface area contributed by atoms with Crippen LogP contribution in [0.4, 0.5) is 8.78 Å². The van der Waals surface area contributed by atoms with Crippen LogP contribution < -0.4 is 4.74 Å². The van der Waals surface area contributed by atoms with Crippen LogP contribution in [0.25, 0.3) is 0 Å². The van der Waals surface area contributed by atoms with Crippen LogP contribution >= 0.6 is 0 Å². The van der Waals surface area contributed by atoms with Crippen LogP contribution in [0.1, 0.15) is 37.8 Å². The van der Waals surface area contributed by atoms with E-state index in [0.717, 1.165) is 0 Å². The molecule has 0 unspecified atom stereocenters. The highest BCUT2D eigenvalue weighted by atomic mass is 19.1. The largest absolute Gasteiger partial charge is 0.497 e. The number of piperidine rings is 1. The first-order valence-corrected chi connectivity index (χ1v) is 12.3. The zero-order valence-corrected chi connectivity index (χ0v) is 21.2. The lowest BCUT2D eigenvalue weighted by atomic mass is 9.67. The summed E-state index contributed by atoms with van der Waals surface area (Å²) in [4.78, 5) is 29.9. The van der Waals surface area contributed by atoms with Crippen molar-refractivity contribution in [3.63, 3.8) is 0 Å². The van der Waals surface area contributed by atoms with Crippen molar-refractivity contribution >= 4 is 11.6 Å². The SMILES string of the molecule is COCCN1C[C@H](C(=O)c2cccc(OC)c2)[C@H](c2cccc(F)c2C)[C@@H](C(=O)c2ccccc2F)C1. The van der Waals surface area contributed by atoms with Gasteiger partial charge in [-0.3, -0.25) is 14.5 Å². The van der Waals surface area contributed by atoms with Crippen molar-refractivity contribution in [1.82, 2.24) is 4.90 Å². The highest BCUT2D eigenvalue weighted by molar-refractivity contribution is 6.02. The molecule has 5 nitrogen and oxygen atoms in total. The predicted molar refractivity (Wildman–Crippen MR) is 137 cm³/mol. The number of nitrogens with zero attached hydrogens (tertiary/aromatic N) is 1. The summed E-state index contributed by atoms with van der Waals surface area (Å²) in [7, 11) is 3.11. The summed E-state index contributed by atoms with van der Waals surface area (Å²) in [6.07, 6.45) is 0. The Bertz CT molecular complexity index is 1280. The number of methoxy groups -OCH3 is 2. The van der Waals surface area contributed by atoms with Gasteiger partial charge in [0.25, 0.3) is 0 Å². The van der Waals surface area contributed by atoms with Crippen molar-refractivity contribution in [2.75, 3.05) is 40.5 Å². The van der Waals surface area contributed by atoms with E-state index in [9.17, 15) is 18.4 Å². The first-order chi connectivity index (χ1) is 17.8. The third kappa shape index (κ3) is 5.63. The summed E-state index contributed by atoms with van der Waals surface area (Å²) in [6.45, 7) is 3.19. The highest BCUT2D eigenvalue weighted by Gasteiger charge is 2.45. The van der Waals surface area contributed by atoms with Crippen molar-refractivity contribution in [1.29, 1.82) is 0 Å². The molecule has 7 heteroatoms. The minimum absolute atomic E-state index is 0.0345. The maximum Gasteiger partial charge on any atom is 0.170 e. The van der Waals surface area contributed by atoms with Crippen LogP contribution in [0.3, 0.4) is 0 Å². The van der Waals surface area contributed by atoms with E-state index in [-0.39, 0.29) is 11.3 Å². The van der Waals surface area contributed by atoms with Crippen molar-refractivity contribution in [2.45, 2.75) is 12.8 Å². The fourth-order valence-corrected chi connectivity index (χ4v) is 5.30. The van der Waals surface area contributed by atoms with Crippen LogP contribution in [0.15, 0.2) is 66.7 Å². The van der Waals surface area contributed by atoms with Gasteiger partial charge >= 0.3 is 0 Å². The topological polar surface area (TPSA) is 55.8 Å². The van der Waals surface area contributed by atoms with Gasteiger partial charge in [-0.25, -0.2) is 8.78 Å². The average molecular weight is 508 g/mol. The van der Waals surface area contributed by atoms with Crippen LogP contribution in [0.2, 0.25) is 0 Å². The molecular weight excluding hydrogens is 476 g/mol. The molecule has 3 aromatic rings. The summed E-state index contributed by atoms with van der Waals surface area (Å²) in [5.41, 5.74) is 1.37. The molecule has 194 valence electrons. The minimum atomic E-state index is -0.775. The molecule has 1 aliphatic rings. The number of ketones is 2. The van der Waals surface area contributed by atoms with E-state index in [0.29, 0.717) is 48.7 Å². The molecule has 0 aromatic heterocycles. The molecule has 0 saturated carbocycles. The molecule has 37 heavy (non-hydrogen) atoms. The maximum absolute atomic E-state index is 14.8. The zero-order chi connectivity index (χ0) is 26.5. The second-order valence-corrected chi connectivity index (χ2v) is 9.39. The number of rotatable bonds is 9. The van der Waals surface area contributed by atoms with Gasteiger partial charge in [0.15, 0.2) is 11.6 Å². The van der Waals surface area contributed by atoms with Gasteiger partial charge < -0.3 is 9.47 Å². The molecule has 0 spiro atoms. The van der Waals surface area contributed by atoms with Crippen LogP contribution in [0, 0.1) is 30.4 Å². The van der Waals surface area contributed by atoms with Gasteiger partial charge in [0.2, 0.25) is 0 Å². The lowest BCUT2D eigenvalue weighted by molar-refractivity contribution is 0.0495. The van der Waals surface area contributed by atoms with Crippen LogP contribution in [-0.4, -0.2) is 56.9 Å². The summed E-state index contributed by atoms with van der Waals surface area (Å²) in [5, 5.41) is 0. The molecular formula is C30H31F2NO4. The summed E-state index contributed by atoms with van der Waals surface area (Å²) in [6, 6.07) is 17.4. The first kappa shape index (κ1) is 26.6. The quantitative estimate of drug-likeness (QED) is 0.367. The molecule has 0 amide bonds. The van der Waals surface area contributed by atoms with E-state index in [2.05, 4.69) is 0 Å². The standard InChI is InChI=1S/C30H31F2NO4/c1-19-22(11-7-13-26(19)31)28-24(29(34)20-8-6-9-21(16-20)37-3)17-33(14-15-36-2)18-25(28)30(35)23-10-4-5-12-27(23)32/h4-13,16,24-25,28H,14-15,17-18H2,1-3H3/t24-,25-,28-/m0/s1. The second-order valence-electron chi connectivity index (χ2n) is 9.39. The van der Waals surface area contributed by atoms with Crippen molar-refractivity contribution in [3.05, 3.63) is 101 Å². The predicted octanol–water partition coefficient (Wildman–Crippen LogP) is 5.33. The molecule has 3 aromatic carbocycles. The molecule has 1 heterocycles. The van der Waals surface area contributed by atoms with Gasteiger partial charge in [-0.05, 0) is 48.4 Å². The molecule has 1 fully saturated rings. The molecule has 4 rings (SSSR count). The Hall–Kier alpha value is -3.42. The first-order valence-electron chi connectivity index (χ1n) is 12.3. The highest BCUT2D eigenvalue weighted by Crippen LogP contribution is 2.42. The lowest BCUT2D eigenvalue weighted by Crippen LogP contribution is -2.51. The Balaban J connectivity index is 1.86. The van der Waals surface area contributed by atoms with Gasteiger partial charge in [-0.15, -0.1) is 0 Å². The number of hydrogen-bond acceptors (Lipinski definition) is 5. The van der Waals surface area contributed by atoms with E-state index >= 15 is 0 Å². The number of carbonyl (C=O) groups is 2. The van der Waals surface area contributed by atoms with Gasteiger partial charge in [-0.2, -0.15) is 0 Å². The molecule has 0 aliphatic carbocycles. The zero-order valence-electron chi connectivity index (χ0n) is 21.2.